The Hall–Kier alpha value is -3.86. The highest BCUT2D eigenvalue weighted by molar-refractivity contribution is 6.36. The highest BCUT2D eigenvalue weighted by atomic mass is 16.5. The second-order valence-electron chi connectivity index (χ2n) is 7.17. The summed E-state index contributed by atoms with van der Waals surface area (Å²) in [6.07, 6.45) is 0.600. The fourth-order valence-corrected chi connectivity index (χ4v) is 3.64. The van der Waals surface area contributed by atoms with Crippen molar-refractivity contribution in [3.05, 3.63) is 102 Å². The van der Waals surface area contributed by atoms with E-state index in [0.29, 0.717) is 42.1 Å². The monoisotopic (exact) mass is 412 g/mol. The Kier molecular flexibility index (Phi) is 6.13. The summed E-state index contributed by atoms with van der Waals surface area (Å²) in [5.74, 6) is 0.0162. The lowest BCUT2D eigenvalue weighted by atomic mass is 10.0. The van der Waals surface area contributed by atoms with Crippen LogP contribution in [0.25, 0.3) is 5.57 Å². The minimum atomic E-state index is -0.328. The average Bonchev–Trinajstić information content (AvgIpc) is 3.04. The summed E-state index contributed by atoms with van der Waals surface area (Å²) in [5.41, 5.74) is 3.09. The van der Waals surface area contributed by atoms with Crippen LogP contribution < -0.4 is 10.1 Å². The maximum absolute atomic E-state index is 13.3. The first-order valence-corrected chi connectivity index (χ1v) is 10.4. The summed E-state index contributed by atoms with van der Waals surface area (Å²) in [7, 11) is 0. The van der Waals surface area contributed by atoms with E-state index in [1.807, 2.05) is 91.9 Å². The standard InChI is InChI=1S/C26H24N2O3/c1-2-31-22-16-10-9-15-21(22)27-24-23(20-13-7-4-8-14-20)25(29)28(26(24)30)18-17-19-11-5-3-6-12-19/h3-16,27H,2,17-18H2,1H3. The normalized spacial score (nSPS) is 13.6. The first-order chi connectivity index (χ1) is 15.2. The first-order valence-electron chi connectivity index (χ1n) is 10.4. The van der Waals surface area contributed by atoms with Crippen LogP contribution in [0, 0.1) is 0 Å². The van der Waals surface area contributed by atoms with E-state index >= 15 is 0 Å². The van der Waals surface area contributed by atoms with Gasteiger partial charge in [-0.05, 0) is 36.6 Å². The molecule has 1 aliphatic rings. The van der Waals surface area contributed by atoms with E-state index in [2.05, 4.69) is 5.32 Å². The van der Waals surface area contributed by atoms with Gasteiger partial charge >= 0.3 is 0 Å². The second-order valence-corrected chi connectivity index (χ2v) is 7.17. The Morgan fingerprint density at radius 3 is 2.16 bits per heavy atom. The topological polar surface area (TPSA) is 58.6 Å². The lowest BCUT2D eigenvalue weighted by molar-refractivity contribution is -0.136. The summed E-state index contributed by atoms with van der Waals surface area (Å²) in [6.45, 7) is 2.72. The van der Waals surface area contributed by atoms with Crippen LogP contribution in [0.2, 0.25) is 0 Å². The zero-order valence-corrected chi connectivity index (χ0v) is 17.4. The predicted octanol–water partition coefficient (Wildman–Crippen LogP) is 4.52. The van der Waals surface area contributed by atoms with Gasteiger partial charge in [0.2, 0.25) is 0 Å². The molecule has 0 radical (unpaired) electrons. The maximum atomic E-state index is 13.3. The number of benzene rings is 3. The second kappa shape index (κ2) is 9.30. The summed E-state index contributed by atoms with van der Waals surface area (Å²) in [5, 5.41) is 3.19. The molecule has 2 amide bonds. The molecule has 0 atom stereocenters. The van der Waals surface area contributed by atoms with Gasteiger partial charge in [0.15, 0.2) is 0 Å². The molecule has 0 aromatic heterocycles. The van der Waals surface area contributed by atoms with Gasteiger partial charge in [-0.1, -0.05) is 72.8 Å². The number of rotatable bonds is 8. The summed E-state index contributed by atoms with van der Waals surface area (Å²) in [4.78, 5) is 28.0. The van der Waals surface area contributed by atoms with Gasteiger partial charge in [-0.2, -0.15) is 0 Å². The number of anilines is 1. The van der Waals surface area contributed by atoms with Crippen LogP contribution in [0.1, 0.15) is 18.1 Å². The molecule has 1 N–H and O–H groups in total. The van der Waals surface area contributed by atoms with Crippen LogP contribution in [0.5, 0.6) is 5.75 Å². The van der Waals surface area contributed by atoms with E-state index in [-0.39, 0.29) is 17.5 Å². The first kappa shape index (κ1) is 20.4. The van der Waals surface area contributed by atoms with Crippen LogP contribution in [-0.2, 0) is 16.0 Å². The molecule has 3 aromatic rings. The van der Waals surface area contributed by atoms with Crippen molar-refractivity contribution in [2.75, 3.05) is 18.5 Å². The average molecular weight is 412 g/mol. The molecular formula is C26H24N2O3. The van der Waals surface area contributed by atoms with Gasteiger partial charge in [0.05, 0.1) is 17.9 Å². The van der Waals surface area contributed by atoms with E-state index in [0.717, 1.165) is 5.56 Å². The minimum Gasteiger partial charge on any atom is -0.492 e. The van der Waals surface area contributed by atoms with Crippen molar-refractivity contribution in [2.24, 2.45) is 0 Å². The molecule has 0 unspecified atom stereocenters. The lowest BCUT2D eigenvalue weighted by Crippen LogP contribution is -2.34. The zero-order chi connectivity index (χ0) is 21.6. The smallest absolute Gasteiger partial charge is 0.278 e. The van der Waals surface area contributed by atoms with Crippen LogP contribution in [0.4, 0.5) is 5.69 Å². The lowest BCUT2D eigenvalue weighted by Gasteiger charge is -2.16. The molecule has 5 nitrogen and oxygen atoms in total. The summed E-state index contributed by atoms with van der Waals surface area (Å²) < 4.78 is 5.69. The van der Waals surface area contributed by atoms with Gasteiger partial charge in [-0.15, -0.1) is 0 Å². The molecule has 0 fully saturated rings. The van der Waals surface area contributed by atoms with Crippen molar-refractivity contribution < 1.29 is 14.3 Å². The van der Waals surface area contributed by atoms with Crippen molar-refractivity contribution in [1.82, 2.24) is 4.90 Å². The van der Waals surface area contributed by atoms with Gasteiger partial charge < -0.3 is 10.1 Å². The Bertz CT molecular complexity index is 1110. The highest BCUT2D eigenvalue weighted by Gasteiger charge is 2.39. The number of amides is 2. The number of para-hydroxylation sites is 2. The van der Waals surface area contributed by atoms with Crippen molar-refractivity contribution in [3.8, 4) is 5.75 Å². The van der Waals surface area contributed by atoms with Crippen molar-refractivity contribution >= 4 is 23.1 Å². The van der Waals surface area contributed by atoms with E-state index in [9.17, 15) is 9.59 Å². The zero-order valence-electron chi connectivity index (χ0n) is 17.4. The molecule has 5 heteroatoms. The van der Waals surface area contributed by atoms with Crippen LogP contribution in [0.3, 0.4) is 0 Å². The van der Waals surface area contributed by atoms with E-state index in [1.165, 1.54) is 4.90 Å². The molecule has 0 saturated heterocycles. The highest BCUT2D eigenvalue weighted by Crippen LogP contribution is 2.33. The number of carbonyl (C=O) groups excluding carboxylic acids is 2. The Balaban J connectivity index is 1.67. The molecule has 4 rings (SSSR count). The van der Waals surface area contributed by atoms with Crippen LogP contribution >= 0.6 is 0 Å². The molecule has 156 valence electrons. The van der Waals surface area contributed by atoms with Crippen LogP contribution in [0.15, 0.2) is 90.6 Å². The number of imide groups is 1. The van der Waals surface area contributed by atoms with Gasteiger partial charge in [0.25, 0.3) is 11.8 Å². The molecule has 31 heavy (non-hydrogen) atoms. The third-order valence-corrected chi connectivity index (χ3v) is 5.14. The molecule has 1 aliphatic heterocycles. The molecular weight excluding hydrogens is 388 g/mol. The van der Waals surface area contributed by atoms with E-state index < -0.39 is 0 Å². The van der Waals surface area contributed by atoms with Crippen molar-refractivity contribution in [1.29, 1.82) is 0 Å². The fraction of sp³-hybridized carbons (Fsp3) is 0.154. The number of carbonyl (C=O) groups is 2. The number of ether oxygens (including phenoxy) is 1. The van der Waals surface area contributed by atoms with Crippen molar-refractivity contribution in [2.45, 2.75) is 13.3 Å². The molecule has 0 aliphatic carbocycles. The molecule has 0 bridgehead atoms. The summed E-state index contributed by atoms with van der Waals surface area (Å²) >= 11 is 0. The quantitative estimate of drug-likeness (QED) is 0.553. The van der Waals surface area contributed by atoms with Gasteiger partial charge in [0.1, 0.15) is 11.4 Å². The minimum absolute atomic E-state index is 0.274. The largest absolute Gasteiger partial charge is 0.492 e. The number of hydrogen-bond acceptors (Lipinski definition) is 4. The molecule has 1 heterocycles. The Labute approximate surface area is 182 Å². The predicted molar refractivity (Wildman–Crippen MR) is 121 cm³/mol. The van der Waals surface area contributed by atoms with E-state index in [1.54, 1.807) is 0 Å². The summed E-state index contributed by atoms with van der Waals surface area (Å²) in [6, 6.07) is 26.5. The number of nitrogens with one attached hydrogen (secondary N) is 1. The molecule has 0 saturated carbocycles. The number of nitrogens with zero attached hydrogens (tertiary/aromatic N) is 1. The Morgan fingerprint density at radius 1 is 0.806 bits per heavy atom. The van der Waals surface area contributed by atoms with Crippen LogP contribution in [-0.4, -0.2) is 29.9 Å². The van der Waals surface area contributed by atoms with Crippen molar-refractivity contribution in [3.63, 3.8) is 0 Å². The third kappa shape index (κ3) is 4.36. The SMILES string of the molecule is CCOc1ccccc1NC1=C(c2ccccc2)C(=O)N(CCc2ccccc2)C1=O. The fourth-order valence-electron chi connectivity index (χ4n) is 3.64. The number of hydrogen-bond donors (Lipinski definition) is 1. The maximum Gasteiger partial charge on any atom is 0.278 e. The third-order valence-electron chi connectivity index (χ3n) is 5.14. The molecule has 0 spiro atoms. The van der Waals surface area contributed by atoms with Gasteiger partial charge in [0, 0.05) is 6.54 Å². The Morgan fingerprint density at radius 2 is 1.45 bits per heavy atom. The van der Waals surface area contributed by atoms with Gasteiger partial charge in [-0.3, -0.25) is 14.5 Å². The van der Waals surface area contributed by atoms with Gasteiger partial charge in [-0.25, -0.2) is 0 Å². The van der Waals surface area contributed by atoms with E-state index in [4.69, 9.17) is 4.74 Å². The molecule has 3 aromatic carbocycles.